The van der Waals surface area contributed by atoms with Crippen molar-refractivity contribution >= 4 is 17.7 Å². The van der Waals surface area contributed by atoms with Crippen LogP contribution in [-0.4, -0.2) is 35.8 Å². The lowest BCUT2D eigenvalue weighted by Gasteiger charge is -2.29. The van der Waals surface area contributed by atoms with E-state index in [1.165, 1.54) is 16.0 Å². The average molecular weight is 370 g/mol. The van der Waals surface area contributed by atoms with E-state index in [0.29, 0.717) is 24.8 Å². The minimum atomic E-state index is 0.0728. The molecule has 2 aromatic rings. The first-order valence-corrected chi connectivity index (χ1v) is 10.1. The summed E-state index contributed by atoms with van der Waals surface area (Å²) in [5.74, 6) is 0.136. The Morgan fingerprint density at radius 3 is 2.54 bits per heavy atom. The van der Waals surface area contributed by atoms with E-state index < -0.39 is 0 Å². The Hall–Kier alpha value is -1.78. The largest absolute Gasteiger partial charge is 0.371 e. The van der Waals surface area contributed by atoms with Crippen molar-refractivity contribution in [2.45, 2.75) is 49.5 Å². The van der Waals surface area contributed by atoms with Gasteiger partial charge >= 0.3 is 0 Å². The Morgan fingerprint density at radius 1 is 1.15 bits per heavy atom. The van der Waals surface area contributed by atoms with Gasteiger partial charge in [-0.25, -0.2) is 0 Å². The molecule has 1 unspecified atom stereocenters. The van der Waals surface area contributed by atoms with Crippen molar-refractivity contribution in [3.8, 4) is 0 Å². The lowest BCUT2D eigenvalue weighted by molar-refractivity contribution is -0.131. The van der Waals surface area contributed by atoms with Crippen LogP contribution in [0, 0.1) is 0 Å². The minimum absolute atomic E-state index is 0.0728. The van der Waals surface area contributed by atoms with Gasteiger partial charge in [-0.3, -0.25) is 4.79 Å². The monoisotopic (exact) mass is 369 g/mol. The number of thioether (sulfide) groups is 1. The van der Waals surface area contributed by atoms with Crippen molar-refractivity contribution in [3.63, 3.8) is 0 Å². The number of nitrogens with zero attached hydrogens (tertiary/aromatic N) is 1. The molecule has 0 saturated carbocycles. The molecule has 2 aromatic carbocycles. The van der Waals surface area contributed by atoms with Crippen molar-refractivity contribution in [2.24, 2.45) is 0 Å². The van der Waals surface area contributed by atoms with Crippen LogP contribution in [0.25, 0.3) is 0 Å². The van der Waals surface area contributed by atoms with Crippen molar-refractivity contribution in [3.05, 3.63) is 65.2 Å². The molecule has 0 N–H and O–H groups in total. The van der Waals surface area contributed by atoms with Crippen LogP contribution < -0.4 is 0 Å². The Kier molecular flexibility index (Phi) is 6.38. The summed E-state index contributed by atoms with van der Waals surface area (Å²) in [4.78, 5) is 15.6. The number of amides is 1. The molecule has 3 rings (SSSR count). The third-order valence-corrected chi connectivity index (χ3v) is 5.61. The molecule has 0 spiro atoms. The molecule has 0 radical (unpaired) electrons. The number of rotatable bonds is 6. The molecule has 0 aliphatic carbocycles. The fourth-order valence-electron chi connectivity index (χ4n) is 3.20. The predicted molar refractivity (Wildman–Crippen MR) is 107 cm³/mol. The molecule has 26 heavy (non-hydrogen) atoms. The summed E-state index contributed by atoms with van der Waals surface area (Å²) in [5, 5.41) is 0.564. The molecule has 1 aliphatic rings. The number of carbonyl (C=O) groups excluding carboxylic acids is 1. The fourth-order valence-corrected chi connectivity index (χ4v) is 4.04. The molecule has 3 nitrogen and oxygen atoms in total. The van der Waals surface area contributed by atoms with E-state index in [1.54, 1.807) is 4.90 Å². The highest BCUT2D eigenvalue weighted by atomic mass is 32.2. The normalized spacial score (nSPS) is 16.4. The third kappa shape index (κ3) is 5.12. The number of hydrogen-bond acceptors (Lipinski definition) is 3. The zero-order valence-corrected chi connectivity index (χ0v) is 16.6. The maximum absolute atomic E-state index is 12.6. The smallest absolute Gasteiger partial charge is 0.226 e. The van der Waals surface area contributed by atoms with Gasteiger partial charge in [0.25, 0.3) is 0 Å². The Bertz CT molecular complexity index is 742. The lowest BCUT2D eigenvalue weighted by Crippen LogP contribution is -2.38. The first-order valence-electron chi connectivity index (χ1n) is 9.19. The first-order chi connectivity index (χ1) is 12.5. The van der Waals surface area contributed by atoms with E-state index in [-0.39, 0.29) is 12.0 Å². The Balaban J connectivity index is 1.52. The van der Waals surface area contributed by atoms with E-state index in [4.69, 9.17) is 4.74 Å². The van der Waals surface area contributed by atoms with E-state index in [9.17, 15) is 4.79 Å². The standard InChI is InChI=1S/C22H27NO2S/c1-16(2)26-21-10-8-17(9-11-21)12-22(24)23(3)14-20-13-18-6-4-5-7-19(18)15-25-20/h4-11,16,20H,12-15H2,1-3H3. The van der Waals surface area contributed by atoms with Crippen molar-refractivity contribution in [1.82, 2.24) is 4.90 Å². The summed E-state index contributed by atoms with van der Waals surface area (Å²) in [5.41, 5.74) is 3.66. The van der Waals surface area contributed by atoms with E-state index in [1.807, 2.05) is 24.9 Å². The van der Waals surface area contributed by atoms with Crippen molar-refractivity contribution in [1.29, 1.82) is 0 Å². The van der Waals surface area contributed by atoms with E-state index >= 15 is 0 Å². The lowest BCUT2D eigenvalue weighted by atomic mass is 9.99. The van der Waals surface area contributed by atoms with Crippen LogP contribution in [0.3, 0.4) is 0 Å². The van der Waals surface area contributed by atoms with Crippen LogP contribution in [0.1, 0.15) is 30.5 Å². The molecule has 0 saturated heterocycles. The number of benzene rings is 2. The number of hydrogen-bond donors (Lipinski definition) is 0. The van der Waals surface area contributed by atoms with Crippen LogP contribution in [0.15, 0.2) is 53.4 Å². The highest BCUT2D eigenvalue weighted by Gasteiger charge is 2.22. The summed E-state index contributed by atoms with van der Waals surface area (Å²) in [6, 6.07) is 16.7. The van der Waals surface area contributed by atoms with Gasteiger partial charge in [0.2, 0.25) is 5.91 Å². The predicted octanol–water partition coefficient (Wildman–Crippen LogP) is 4.33. The van der Waals surface area contributed by atoms with Gasteiger partial charge in [0.05, 0.1) is 19.1 Å². The molecule has 0 aromatic heterocycles. The van der Waals surface area contributed by atoms with Gasteiger partial charge in [-0.2, -0.15) is 0 Å². The zero-order chi connectivity index (χ0) is 18.5. The number of ether oxygens (including phenoxy) is 1. The minimum Gasteiger partial charge on any atom is -0.371 e. The summed E-state index contributed by atoms with van der Waals surface area (Å²) in [7, 11) is 1.87. The van der Waals surface area contributed by atoms with Crippen LogP contribution in [0.2, 0.25) is 0 Å². The molecular weight excluding hydrogens is 342 g/mol. The summed E-state index contributed by atoms with van der Waals surface area (Å²) < 4.78 is 5.93. The molecular formula is C22H27NO2S. The molecule has 1 heterocycles. The van der Waals surface area contributed by atoms with Gasteiger partial charge < -0.3 is 9.64 Å². The molecule has 1 aliphatic heterocycles. The second-order valence-electron chi connectivity index (χ2n) is 7.17. The van der Waals surface area contributed by atoms with Gasteiger partial charge in [-0.15, -0.1) is 11.8 Å². The fraction of sp³-hybridized carbons (Fsp3) is 0.409. The number of carbonyl (C=O) groups is 1. The topological polar surface area (TPSA) is 29.5 Å². The first kappa shape index (κ1) is 19.0. The van der Waals surface area contributed by atoms with Gasteiger partial charge in [0, 0.05) is 30.2 Å². The third-order valence-electron chi connectivity index (χ3n) is 4.59. The van der Waals surface area contributed by atoms with Gasteiger partial charge in [0.1, 0.15) is 0 Å². The van der Waals surface area contributed by atoms with E-state index in [0.717, 1.165) is 12.0 Å². The molecule has 4 heteroatoms. The van der Waals surface area contributed by atoms with E-state index in [2.05, 4.69) is 56.3 Å². The van der Waals surface area contributed by atoms with Crippen LogP contribution >= 0.6 is 11.8 Å². The highest BCUT2D eigenvalue weighted by molar-refractivity contribution is 7.99. The number of likely N-dealkylation sites (N-methyl/N-ethyl adjacent to an activating group) is 1. The Morgan fingerprint density at radius 2 is 1.85 bits per heavy atom. The van der Waals surface area contributed by atoms with Gasteiger partial charge in [-0.1, -0.05) is 50.2 Å². The van der Waals surface area contributed by atoms with Crippen molar-refractivity contribution < 1.29 is 9.53 Å². The molecule has 138 valence electrons. The Labute approximate surface area is 160 Å². The maximum atomic E-state index is 12.6. The molecule has 1 atom stereocenters. The average Bonchev–Trinajstić information content (AvgIpc) is 2.62. The van der Waals surface area contributed by atoms with Gasteiger partial charge in [-0.05, 0) is 28.8 Å². The molecule has 0 fully saturated rings. The zero-order valence-electron chi connectivity index (χ0n) is 15.8. The quantitative estimate of drug-likeness (QED) is 0.710. The molecule has 1 amide bonds. The number of fused-ring (bicyclic) bond motifs is 1. The summed E-state index contributed by atoms with van der Waals surface area (Å²) in [6.45, 7) is 5.64. The summed E-state index contributed by atoms with van der Waals surface area (Å²) >= 11 is 1.84. The van der Waals surface area contributed by atoms with Crippen LogP contribution in [0.5, 0.6) is 0 Å². The van der Waals surface area contributed by atoms with Crippen molar-refractivity contribution in [2.75, 3.05) is 13.6 Å². The van der Waals surface area contributed by atoms with Crippen LogP contribution in [-0.2, 0) is 29.0 Å². The maximum Gasteiger partial charge on any atom is 0.226 e. The summed E-state index contributed by atoms with van der Waals surface area (Å²) in [6.07, 6.45) is 1.38. The second kappa shape index (κ2) is 8.74. The van der Waals surface area contributed by atoms with Crippen LogP contribution in [0.4, 0.5) is 0 Å². The highest BCUT2D eigenvalue weighted by Crippen LogP contribution is 2.23. The SMILES string of the molecule is CC(C)Sc1ccc(CC(=O)N(C)CC2Cc3ccccc3CO2)cc1. The van der Waals surface area contributed by atoms with Gasteiger partial charge in [0.15, 0.2) is 0 Å². The molecule has 0 bridgehead atoms. The second-order valence-corrected chi connectivity index (χ2v) is 8.82.